The van der Waals surface area contributed by atoms with Gasteiger partial charge in [0.2, 0.25) is 0 Å². The molecule has 1 N–H and O–H groups in total. The number of rotatable bonds is 5. The van der Waals surface area contributed by atoms with Crippen LogP contribution in [-0.4, -0.2) is 12.7 Å². The minimum absolute atomic E-state index is 0.583. The van der Waals surface area contributed by atoms with Gasteiger partial charge in [-0.3, -0.25) is 4.79 Å². The highest BCUT2D eigenvalue weighted by atomic mass is 32.2. The Morgan fingerprint density at radius 1 is 1.19 bits per heavy atom. The first kappa shape index (κ1) is 16.4. The molecule has 0 spiro atoms. The molecule has 21 heavy (non-hydrogen) atoms. The van der Waals surface area contributed by atoms with Gasteiger partial charge in [0.1, 0.15) is 0 Å². The zero-order valence-electron chi connectivity index (χ0n) is 13.2. The maximum Gasteiger partial charge on any atom is 0.181 e. The summed E-state index contributed by atoms with van der Waals surface area (Å²) >= 11 is 1.27. The van der Waals surface area contributed by atoms with Crippen molar-refractivity contribution in [2.75, 3.05) is 12.4 Å². The lowest BCUT2D eigenvalue weighted by Gasteiger charge is -2.27. The van der Waals surface area contributed by atoms with E-state index in [1.807, 2.05) is 7.05 Å². The van der Waals surface area contributed by atoms with Crippen molar-refractivity contribution in [3.63, 3.8) is 0 Å². The van der Waals surface area contributed by atoms with Crippen molar-refractivity contribution < 1.29 is 4.79 Å². The molecule has 2 nitrogen and oxygen atoms in total. The number of thioether (sulfide) groups is 1. The van der Waals surface area contributed by atoms with Crippen molar-refractivity contribution >= 4 is 23.1 Å². The lowest BCUT2D eigenvalue weighted by molar-refractivity contribution is 0.335. The Bertz CT molecular complexity index is 453. The van der Waals surface area contributed by atoms with E-state index >= 15 is 0 Å². The maximum absolute atomic E-state index is 10.8. The van der Waals surface area contributed by atoms with E-state index < -0.39 is 0 Å². The zero-order valence-corrected chi connectivity index (χ0v) is 14.0. The third kappa shape index (κ3) is 4.50. The van der Waals surface area contributed by atoms with Crippen LogP contribution in [0.25, 0.3) is 0 Å². The lowest BCUT2D eigenvalue weighted by Crippen LogP contribution is -2.12. The van der Waals surface area contributed by atoms with Gasteiger partial charge in [-0.05, 0) is 42.4 Å². The molecule has 1 unspecified atom stereocenters. The zero-order chi connectivity index (χ0) is 15.1. The molecular formula is C18H27NOS. The minimum atomic E-state index is 0.583. The molecule has 0 aromatic heterocycles. The van der Waals surface area contributed by atoms with E-state index in [-0.39, 0.29) is 0 Å². The fourth-order valence-corrected chi connectivity index (χ4v) is 4.04. The van der Waals surface area contributed by atoms with E-state index in [0.29, 0.717) is 5.92 Å². The first-order chi connectivity index (χ1) is 10.3. The lowest BCUT2D eigenvalue weighted by atomic mass is 9.79. The van der Waals surface area contributed by atoms with Crippen LogP contribution in [0, 0.1) is 5.92 Å². The van der Waals surface area contributed by atoms with Crippen LogP contribution in [-0.2, 0) is 4.79 Å². The Morgan fingerprint density at radius 3 is 2.48 bits per heavy atom. The van der Waals surface area contributed by atoms with Crippen molar-refractivity contribution in [3.8, 4) is 0 Å². The van der Waals surface area contributed by atoms with Gasteiger partial charge in [0, 0.05) is 17.6 Å². The summed E-state index contributed by atoms with van der Waals surface area (Å²) in [4.78, 5) is 11.9. The van der Waals surface area contributed by atoms with Gasteiger partial charge >= 0.3 is 0 Å². The fraction of sp³-hybridized carbons (Fsp3) is 0.611. The molecule has 0 saturated heterocycles. The summed E-state index contributed by atoms with van der Waals surface area (Å²) in [5, 5.41) is 3.16. The van der Waals surface area contributed by atoms with Crippen LogP contribution in [0.2, 0.25) is 0 Å². The smallest absolute Gasteiger partial charge is 0.181 e. The van der Waals surface area contributed by atoms with E-state index in [4.69, 9.17) is 0 Å². The van der Waals surface area contributed by atoms with Crippen LogP contribution in [0.4, 0.5) is 5.69 Å². The van der Waals surface area contributed by atoms with E-state index in [9.17, 15) is 4.79 Å². The van der Waals surface area contributed by atoms with Gasteiger partial charge in [0.15, 0.2) is 5.62 Å². The van der Waals surface area contributed by atoms with Crippen LogP contribution in [0.5, 0.6) is 0 Å². The average molecular weight is 305 g/mol. The van der Waals surface area contributed by atoms with Crippen LogP contribution in [0.15, 0.2) is 23.1 Å². The second-order valence-corrected chi connectivity index (χ2v) is 6.98. The monoisotopic (exact) mass is 305 g/mol. The topological polar surface area (TPSA) is 29.1 Å². The summed E-state index contributed by atoms with van der Waals surface area (Å²) in [5.74, 6) is 1.37. The first-order valence-corrected chi connectivity index (χ1v) is 9.06. The molecule has 3 heteroatoms. The molecule has 1 atom stereocenters. The van der Waals surface area contributed by atoms with Gasteiger partial charge in [-0.15, -0.1) is 0 Å². The van der Waals surface area contributed by atoms with Crippen molar-refractivity contribution in [3.05, 3.63) is 23.8 Å². The second kappa shape index (κ2) is 8.47. The van der Waals surface area contributed by atoms with E-state index in [1.54, 1.807) is 0 Å². The van der Waals surface area contributed by atoms with Gasteiger partial charge in [-0.1, -0.05) is 56.9 Å². The highest BCUT2D eigenvalue weighted by Crippen LogP contribution is 2.37. The molecule has 1 fully saturated rings. The molecule has 1 aliphatic rings. The molecule has 0 aliphatic heterocycles. The van der Waals surface area contributed by atoms with Crippen LogP contribution in [0.3, 0.4) is 0 Å². The molecule has 2 rings (SSSR count). The van der Waals surface area contributed by atoms with Gasteiger partial charge in [0.05, 0.1) is 0 Å². The second-order valence-electron chi connectivity index (χ2n) is 6.11. The number of carbonyl (C=O) groups is 1. The van der Waals surface area contributed by atoms with Gasteiger partial charge in [-0.25, -0.2) is 0 Å². The normalized spacial score (nSPS) is 18.6. The van der Waals surface area contributed by atoms with Crippen molar-refractivity contribution in [2.24, 2.45) is 5.92 Å². The van der Waals surface area contributed by atoms with Crippen LogP contribution >= 0.6 is 11.8 Å². The largest absolute Gasteiger partial charge is 0.387 e. The summed E-state index contributed by atoms with van der Waals surface area (Å²) < 4.78 is 0. The van der Waals surface area contributed by atoms with Gasteiger partial charge < -0.3 is 5.32 Å². The highest BCUT2D eigenvalue weighted by molar-refractivity contribution is 8.12. The summed E-state index contributed by atoms with van der Waals surface area (Å²) in [7, 11) is 1.90. The number of hydrogen-bond acceptors (Lipinski definition) is 3. The Kier molecular flexibility index (Phi) is 6.62. The Hall–Kier alpha value is -0.960. The number of carbonyl (C=O) groups excluding carboxylic acids is 1. The standard InChI is InChI=1S/C18H27NOS/c1-14(15-8-6-4-3-5-7-9-15)16-10-11-17(19-2)18(12-16)21-13-20/h10-15,19H,3-9H2,1-2H3. The SMILES string of the molecule is CNc1ccc(C(C)C2CCCCCCC2)cc1SC=O. The predicted octanol–water partition coefficient (Wildman–Crippen LogP) is 5.47. The molecule has 1 aromatic rings. The quantitative estimate of drug-likeness (QED) is 0.577. The Morgan fingerprint density at radius 2 is 1.86 bits per heavy atom. The molecule has 0 heterocycles. The predicted molar refractivity (Wildman–Crippen MR) is 92.8 cm³/mol. The third-order valence-corrected chi connectivity index (χ3v) is 5.52. The Labute approximate surface area is 133 Å². The molecule has 0 bridgehead atoms. The van der Waals surface area contributed by atoms with Gasteiger partial charge in [0.25, 0.3) is 0 Å². The molecule has 0 amide bonds. The molecule has 0 radical (unpaired) electrons. The molecule has 1 aliphatic carbocycles. The summed E-state index contributed by atoms with van der Waals surface area (Å²) in [5.41, 5.74) is 3.34. The van der Waals surface area contributed by atoms with Crippen molar-refractivity contribution in [2.45, 2.75) is 62.7 Å². The van der Waals surface area contributed by atoms with E-state index in [2.05, 4.69) is 30.4 Å². The summed E-state index contributed by atoms with van der Waals surface area (Å²) in [6.07, 6.45) is 9.66. The van der Waals surface area contributed by atoms with Crippen molar-refractivity contribution in [1.29, 1.82) is 0 Å². The number of hydrogen-bond donors (Lipinski definition) is 1. The number of anilines is 1. The molecule has 1 aromatic carbocycles. The van der Waals surface area contributed by atoms with Crippen LogP contribution in [0.1, 0.15) is 63.4 Å². The fourth-order valence-electron chi connectivity index (χ4n) is 3.44. The van der Waals surface area contributed by atoms with Gasteiger partial charge in [-0.2, -0.15) is 0 Å². The summed E-state index contributed by atoms with van der Waals surface area (Å²) in [6, 6.07) is 6.54. The molecular weight excluding hydrogens is 278 g/mol. The van der Waals surface area contributed by atoms with E-state index in [1.165, 1.54) is 62.3 Å². The minimum Gasteiger partial charge on any atom is -0.387 e. The van der Waals surface area contributed by atoms with Crippen LogP contribution < -0.4 is 5.32 Å². The Balaban J connectivity index is 2.14. The van der Waals surface area contributed by atoms with E-state index in [0.717, 1.165) is 22.1 Å². The third-order valence-electron chi connectivity index (χ3n) is 4.83. The summed E-state index contributed by atoms with van der Waals surface area (Å²) in [6.45, 7) is 2.36. The number of nitrogens with one attached hydrogen (secondary N) is 1. The highest BCUT2D eigenvalue weighted by Gasteiger charge is 2.20. The molecule has 1 saturated carbocycles. The maximum atomic E-state index is 10.8. The van der Waals surface area contributed by atoms with Crippen molar-refractivity contribution in [1.82, 2.24) is 0 Å². The molecule has 116 valence electrons. The average Bonchev–Trinajstić information content (AvgIpc) is 2.46. The first-order valence-electron chi connectivity index (χ1n) is 8.18. The number of benzene rings is 1.